The SMILES string of the molecule is CCN1CC2(CCCCN2C(=O)c2ccoc2)CC1=O. The third-order valence-corrected chi connectivity index (χ3v) is 4.56. The zero-order valence-electron chi connectivity index (χ0n) is 11.8. The van der Waals surface area contributed by atoms with E-state index >= 15 is 0 Å². The molecule has 1 spiro atoms. The van der Waals surface area contributed by atoms with Gasteiger partial charge < -0.3 is 14.2 Å². The van der Waals surface area contributed by atoms with Crippen molar-refractivity contribution >= 4 is 11.8 Å². The van der Waals surface area contributed by atoms with Crippen molar-refractivity contribution in [3.63, 3.8) is 0 Å². The Morgan fingerprint density at radius 2 is 2.30 bits per heavy atom. The van der Waals surface area contributed by atoms with Crippen LogP contribution in [0.3, 0.4) is 0 Å². The van der Waals surface area contributed by atoms with Crippen molar-refractivity contribution in [2.24, 2.45) is 0 Å². The molecule has 0 N–H and O–H groups in total. The van der Waals surface area contributed by atoms with Crippen molar-refractivity contribution in [1.29, 1.82) is 0 Å². The Morgan fingerprint density at radius 3 is 2.95 bits per heavy atom. The van der Waals surface area contributed by atoms with Crippen molar-refractivity contribution in [1.82, 2.24) is 9.80 Å². The van der Waals surface area contributed by atoms with E-state index in [9.17, 15) is 9.59 Å². The first-order valence-corrected chi connectivity index (χ1v) is 7.28. The number of likely N-dealkylation sites (N-methyl/N-ethyl adjacent to an activating group) is 1. The van der Waals surface area contributed by atoms with Gasteiger partial charge in [-0.3, -0.25) is 9.59 Å². The Kier molecular flexibility index (Phi) is 3.28. The molecule has 1 aromatic rings. The number of amides is 2. The second-order valence-electron chi connectivity index (χ2n) is 5.73. The van der Waals surface area contributed by atoms with Gasteiger partial charge in [0.15, 0.2) is 0 Å². The van der Waals surface area contributed by atoms with Gasteiger partial charge in [-0.2, -0.15) is 0 Å². The van der Waals surface area contributed by atoms with E-state index < -0.39 is 0 Å². The molecule has 1 aromatic heterocycles. The second kappa shape index (κ2) is 4.96. The molecule has 2 aliphatic rings. The summed E-state index contributed by atoms with van der Waals surface area (Å²) in [6.07, 6.45) is 6.47. The van der Waals surface area contributed by atoms with Crippen LogP contribution in [0.2, 0.25) is 0 Å². The van der Waals surface area contributed by atoms with Crippen molar-refractivity contribution in [3.8, 4) is 0 Å². The maximum absolute atomic E-state index is 12.7. The van der Waals surface area contributed by atoms with Gasteiger partial charge in [-0.1, -0.05) is 0 Å². The highest BCUT2D eigenvalue weighted by Gasteiger charge is 2.49. The van der Waals surface area contributed by atoms with Gasteiger partial charge in [-0.25, -0.2) is 0 Å². The van der Waals surface area contributed by atoms with Gasteiger partial charge in [-0.05, 0) is 32.3 Å². The summed E-state index contributed by atoms with van der Waals surface area (Å²) < 4.78 is 5.02. The Balaban J connectivity index is 1.88. The van der Waals surface area contributed by atoms with Crippen molar-refractivity contribution in [2.45, 2.75) is 38.1 Å². The van der Waals surface area contributed by atoms with Gasteiger partial charge in [0.1, 0.15) is 6.26 Å². The lowest BCUT2D eigenvalue weighted by Gasteiger charge is -2.44. The molecule has 2 saturated heterocycles. The van der Waals surface area contributed by atoms with Crippen LogP contribution in [0.25, 0.3) is 0 Å². The van der Waals surface area contributed by atoms with Gasteiger partial charge in [0, 0.05) is 19.6 Å². The van der Waals surface area contributed by atoms with E-state index in [-0.39, 0.29) is 17.4 Å². The molecule has 2 aliphatic heterocycles. The van der Waals surface area contributed by atoms with Gasteiger partial charge in [0.2, 0.25) is 5.91 Å². The summed E-state index contributed by atoms with van der Waals surface area (Å²) in [7, 11) is 0. The van der Waals surface area contributed by atoms with Crippen LogP contribution in [0.15, 0.2) is 23.0 Å². The topological polar surface area (TPSA) is 53.8 Å². The van der Waals surface area contributed by atoms with Crippen molar-refractivity contribution in [3.05, 3.63) is 24.2 Å². The van der Waals surface area contributed by atoms with Gasteiger partial charge in [-0.15, -0.1) is 0 Å². The van der Waals surface area contributed by atoms with Crippen LogP contribution in [-0.2, 0) is 4.79 Å². The number of likely N-dealkylation sites (tertiary alicyclic amines) is 2. The zero-order chi connectivity index (χ0) is 14.2. The van der Waals surface area contributed by atoms with Crippen LogP contribution in [-0.4, -0.2) is 46.8 Å². The lowest BCUT2D eigenvalue weighted by Crippen LogP contribution is -2.56. The largest absolute Gasteiger partial charge is 0.472 e. The van der Waals surface area contributed by atoms with Crippen molar-refractivity contribution < 1.29 is 14.0 Å². The smallest absolute Gasteiger partial charge is 0.257 e. The van der Waals surface area contributed by atoms with Crippen LogP contribution in [0, 0.1) is 0 Å². The summed E-state index contributed by atoms with van der Waals surface area (Å²) in [5, 5.41) is 0. The first-order valence-electron chi connectivity index (χ1n) is 7.28. The fraction of sp³-hybridized carbons (Fsp3) is 0.600. The average Bonchev–Trinajstić information content (AvgIpc) is 3.07. The first kappa shape index (κ1) is 13.2. The molecule has 108 valence electrons. The van der Waals surface area contributed by atoms with Gasteiger partial charge >= 0.3 is 0 Å². The van der Waals surface area contributed by atoms with Gasteiger partial charge in [0.05, 0.1) is 23.8 Å². The van der Waals surface area contributed by atoms with Crippen LogP contribution in [0.1, 0.15) is 43.0 Å². The first-order chi connectivity index (χ1) is 9.66. The molecule has 3 heterocycles. The fourth-order valence-electron chi connectivity index (χ4n) is 3.48. The Labute approximate surface area is 118 Å². The molecule has 5 nitrogen and oxygen atoms in total. The van der Waals surface area contributed by atoms with Crippen molar-refractivity contribution in [2.75, 3.05) is 19.6 Å². The Bertz CT molecular complexity index is 511. The molecule has 2 amide bonds. The number of carbonyl (C=O) groups excluding carboxylic acids is 2. The van der Waals surface area contributed by atoms with Crippen LogP contribution in [0.4, 0.5) is 0 Å². The minimum Gasteiger partial charge on any atom is -0.472 e. The lowest BCUT2D eigenvalue weighted by atomic mass is 9.85. The molecule has 0 radical (unpaired) electrons. The molecule has 2 fully saturated rings. The predicted molar refractivity (Wildman–Crippen MR) is 73.2 cm³/mol. The van der Waals surface area contributed by atoms with E-state index in [4.69, 9.17) is 4.42 Å². The number of rotatable bonds is 2. The Morgan fingerprint density at radius 1 is 1.45 bits per heavy atom. The molecule has 0 bridgehead atoms. The number of hydrogen-bond donors (Lipinski definition) is 0. The summed E-state index contributed by atoms with van der Waals surface area (Å²) in [4.78, 5) is 28.5. The van der Waals surface area contributed by atoms with E-state index in [0.29, 0.717) is 25.1 Å². The molecule has 1 unspecified atom stereocenters. The van der Waals surface area contributed by atoms with E-state index in [0.717, 1.165) is 25.8 Å². The number of carbonyl (C=O) groups is 2. The van der Waals surface area contributed by atoms with Crippen LogP contribution >= 0.6 is 0 Å². The second-order valence-corrected chi connectivity index (χ2v) is 5.73. The maximum atomic E-state index is 12.7. The minimum atomic E-state index is -0.306. The monoisotopic (exact) mass is 276 g/mol. The van der Waals surface area contributed by atoms with Crippen LogP contribution in [0.5, 0.6) is 0 Å². The molecule has 3 rings (SSSR count). The van der Waals surface area contributed by atoms with E-state index in [1.807, 2.05) is 16.7 Å². The number of furan rings is 1. The van der Waals surface area contributed by atoms with Crippen LogP contribution < -0.4 is 0 Å². The highest BCUT2D eigenvalue weighted by Crippen LogP contribution is 2.38. The van der Waals surface area contributed by atoms with Gasteiger partial charge in [0.25, 0.3) is 5.91 Å². The molecular weight excluding hydrogens is 256 g/mol. The quantitative estimate of drug-likeness (QED) is 0.829. The summed E-state index contributed by atoms with van der Waals surface area (Å²) >= 11 is 0. The fourth-order valence-corrected chi connectivity index (χ4v) is 3.48. The third-order valence-electron chi connectivity index (χ3n) is 4.56. The molecule has 0 saturated carbocycles. The maximum Gasteiger partial charge on any atom is 0.257 e. The molecular formula is C15H20N2O3. The molecule has 1 atom stereocenters. The minimum absolute atomic E-state index is 0.01000. The van der Waals surface area contributed by atoms with E-state index in [1.165, 1.54) is 12.5 Å². The third kappa shape index (κ3) is 2.01. The van der Waals surface area contributed by atoms with E-state index in [1.54, 1.807) is 6.07 Å². The molecule has 20 heavy (non-hydrogen) atoms. The average molecular weight is 276 g/mol. The molecule has 5 heteroatoms. The number of piperidine rings is 1. The lowest BCUT2D eigenvalue weighted by molar-refractivity contribution is -0.127. The summed E-state index contributed by atoms with van der Waals surface area (Å²) in [6, 6.07) is 1.69. The highest BCUT2D eigenvalue weighted by molar-refractivity contribution is 5.95. The standard InChI is InChI=1S/C15H20N2O3/c1-2-16-11-15(9-13(16)18)6-3-4-7-17(15)14(19)12-5-8-20-10-12/h5,8,10H,2-4,6-7,9,11H2,1H3. The summed E-state index contributed by atoms with van der Waals surface area (Å²) in [5.74, 6) is 0.156. The predicted octanol–water partition coefficient (Wildman–Crippen LogP) is 1.90. The molecule has 0 aromatic carbocycles. The highest BCUT2D eigenvalue weighted by atomic mass is 16.3. The number of nitrogens with zero attached hydrogens (tertiary/aromatic N) is 2. The number of hydrogen-bond acceptors (Lipinski definition) is 3. The normalized spacial score (nSPS) is 26.6. The zero-order valence-corrected chi connectivity index (χ0v) is 11.8. The molecule has 0 aliphatic carbocycles. The Hall–Kier alpha value is -1.78. The summed E-state index contributed by atoms with van der Waals surface area (Å²) in [5.41, 5.74) is 0.272. The van der Waals surface area contributed by atoms with E-state index in [2.05, 4.69) is 0 Å². The summed E-state index contributed by atoms with van der Waals surface area (Å²) in [6.45, 7) is 4.11.